The molecule has 0 spiro atoms. The summed E-state index contributed by atoms with van der Waals surface area (Å²) in [5.41, 5.74) is 10.9. The number of nitrogens with zero attached hydrogens (tertiary/aromatic N) is 1. The standard InChI is InChI=1S/C3H8N4S/c1-8-3-5-2(4)6-7-3/h3,7H,1H3,(H3,4,5,6). The van der Waals surface area contributed by atoms with Crippen LogP contribution in [0.25, 0.3) is 0 Å². The zero-order valence-corrected chi connectivity index (χ0v) is 5.33. The maximum Gasteiger partial charge on any atom is 0.205 e. The minimum absolute atomic E-state index is 0.0926. The van der Waals surface area contributed by atoms with Crippen LogP contribution >= 0.6 is 11.8 Å². The lowest BCUT2D eigenvalue weighted by molar-refractivity contribution is 0.688. The number of hydrogen-bond acceptors (Lipinski definition) is 5. The Morgan fingerprint density at radius 3 is 2.88 bits per heavy atom. The first-order valence-electron chi connectivity index (χ1n) is 2.20. The average molecular weight is 132 g/mol. The topological polar surface area (TPSA) is 62.4 Å². The van der Waals surface area contributed by atoms with Gasteiger partial charge in [0.05, 0.1) is 0 Å². The van der Waals surface area contributed by atoms with Crippen molar-refractivity contribution in [3.63, 3.8) is 0 Å². The Kier molecular flexibility index (Phi) is 1.59. The molecule has 46 valence electrons. The predicted octanol–water partition coefficient (Wildman–Crippen LogP) is -0.945. The third-order valence-electron chi connectivity index (χ3n) is 0.803. The number of hydrogen-bond donors (Lipinski definition) is 3. The van der Waals surface area contributed by atoms with E-state index >= 15 is 0 Å². The van der Waals surface area contributed by atoms with Crippen molar-refractivity contribution < 1.29 is 0 Å². The number of nitrogens with two attached hydrogens (primary N) is 1. The first-order valence-corrected chi connectivity index (χ1v) is 3.49. The summed E-state index contributed by atoms with van der Waals surface area (Å²) in [5.74, 6) is 0.462. The van der Waals surface area contributed by atoms with Gasteiger partial charge in [0.1, 0.15) is 0 Å². The van der Waals surface area contributed by atoms with E-state index in [1.807, 2.05) is 6.26 Å². The molecule has 1 aliphatic rings. The van der Waals surface area contributed by atoms with Crippen LogP contribution in [0.1, 0.15) is 0 Å². The normalized spacial score (nSPS) is 27.1. The Hall–Kier alpha value is -0.420. The molecular weight excluding hydrogens is 124 g/mol. The van der Waals surface area contributed by atoms with Gasteiger partial charge in [-0.05, 0) is 6.26 Å². The summed E-state index contributed by atoms with van der Waals surface area (Å²) in [4.78, 5) is 3.94. The molecule has 1 rings (SSSR count). The molecule has 0 saturated carbocycles. The second-order valence-corrected chi connectivity index (χ2v) is 2.29. The molecule has 0 aromatic carbocycles. The van der Waals surface area contributed by atoms with E-state index in [9.17, 15) is 0 Å². The molecule has 0 radical (unpaired) electrons. The Morgan fingerprint density at radius 1 is 1.88 bits per heavy atom. The third kappa shape index (κ3) is 1.05. The highest BCUT2D eigenvalue weighted by Gasteiger charge is 2.09. The molecule has 1 unspecified atom stereocenters. The van der Waals surface area contributed by atoms with E-state index in [-0.39, 0.29) is 5.50 Å². The molecule has 1 aliphatic heterocycles. The first kappa shape index (κ1) is 5.71. The van der Waals surface area contributed by atoms with Crippen molar-refractivity contribution in [1.82, 2.24) is 10.9 Å². The van der Waals surface area contributed by atoms with Crippen molar-refractivity contribution >= 4 is 17.7 Å². The van der Waals surface area contributed by atoms with Gasteiger partial charge < -0.3 is 5.73 Å². The van der Waals surface area contributed by atoms with E-state index < -0.39 is 0 Å². The summed E-state index contributed by atoms with van der Waals surface area (Å²) in [6.45, 7) is 0. The molecule has 5 heteroatoms. The lowest BCUT2D eigenvalue weighted by Gasteiger charge is -1.99. The molecule has 8 heavy (non-hydrogen) atoms. The van der Waals surface area contributed by atoms with Crippen molar-refractivity contribution in [2.45, 2.75) is 5.50 Å². The van der Waals surface area contributed by atoms with Crippen molar-refractivity contribution in [3.05, 3.63) is 0 Å². The Labute approximate surface area is 51.9 Å². The second kappa shape index (κ2) is 2.23. The summed E-state index contributed by atoms with van der Waals surface area (Å²) in [7, 11) is 0. The van der Waals surface area contributed by atoms with Crippen LogP contribution in [0, 0.1) is 0 Å². The maximum absolute atomic E-state index is 5.26. The summed E-state index contributed by atoms with van der Waals surface area (Å²) in [5, 5.41) is 0. The van der Waals surface area contributed by atoms with E-state index in [0.717, 1.165) is 0 Å². The lowest BCUT2D eigenvalue weighted by Crippen LogP contribution is -2.37. The SMILES string of the molecule is CSC1N=C(N)NN1. The molecule has 1 heterocycles. The van der Waals surface area contributed by atoms with Crippen LogP contribution < -0.4 is 16.6 Å². The van der Waals surface area contributed by atoms with Gasteiger partial charge in [-0.3, -0.25) is 5.43 Å². The van der Waals surface area contributed by atoms with Gasteiger partial charge in [0.2, 0.25) is 5.96 Å². The van der Waals surface area contributed by atoms with Crippen molar-refractivity contribution in [3.8, 4) is 0 Å². The van der Waals surface area contributed by atoms with E-state index in [0.29, 0.717) is 5.96 Å². The third-order valence-corrected chi connectivity index (χ3v) is 1.47. The molecule has 0 bridgehead atoms. The lowest BCUT2D eigenvalue weighted by atomic mass is 11.1. The monoisotopic (exact) mass is 132 g/mol. The summed E-state index contributed by atoms with van der Waals surface area (Å²) >= 11 is 1.60. The smallest absolute Gasteiger partial charge is 0.205 e. The fourth-order valence-electron chi connectivity index (χ4n) is 0.438. The van der Waals surface area contributed by atoms with Crippen molar-refractivity contribution in [2.24, 2.45) is 10.7 Å². The fraction of sp³-hybridized carbons (Fsp3) is 0.667. The molecule has 0 saturated heterocycles. The maximum atomic E-state index is 5.26. The van der Waals surface area contributed by atoms with E-state index in [1.165, 1.54) is 0 Å². The van der Waals surface area contributed by atoms with E-state index in [1.54, 1.807) is 11.8 Å². The Morgan fingerprint density at radius 2 is 2.62 bits per heavy atom. The van der Waals surface area contributed by atoms with Crippen LogP contribution in [0.4, 0.5) is 0 Å². The van der Waals surface area contributed by atoms with Gasteiger partial charge in [-0.25, -0.2) is 10.4 Å². The second-order valence-electron chi connectivity index (χ2n) is 1.37. The molecule has 0 aromatic rings. The molecule has 0 aliphatic carbocycles. The fourth-order valence-corrected chi connectivity index (χ4v) is 0.834. The number of thioether (sulfide) groups is 1. The number of hydrazine groups is 1. The quantitative estimate of drug-likeness (QED) is 0.431. The predicted molar refractivity (Wildman–Crippen MR) is 35.2 cm³/mol. The number of aliphatic imine (C=N–C) groups is 1. The van der Waals surface area contributed by atoms with Crippen LogP contribution in [-0.2, 0) is 0 Å². The number of guanidine groups is 1. The van der Waals surface area contributed by atoms with Gasteiger partial charge in [-0.1, -0.05) is 0 Å². The minimum Gasteiger partial charge on any atom is -0.369 e. The van der Waals surface area contributed by atoms with Crippen molar-refractivity contribution in [2.75, 3.05) is 6.26 Å². The van der Waals surface area contributed by atoms with Crippen LogP contribution in [0.3, 0.4) is 0 Å². The molecule has 0 fully saturated rings. The van der Waals surface area contributed by atoms with Crippen LogP contribution in [0.2, 0.25) is 0 Å². The zero-order chi connectivity index (χ0) is 5.98. The minimum atomic E-state index is 0.0926. The highest BCUT2D eigenvalue weighted by Crippen LogP contribution is 2.04. The molecular formula is C3H8N4S. The van der Waals surface area contributed by atoms with Crippen LogP contribution in [0.15, 0.2) is 4.99 Å². The van der Waals surface area contributed by atoms with Crippen LogP contribution in [0.5, 0.6) is 0 Å². The molecule has 4 N–H and O–H groups in total. The van der Waals surface area contributed by atoms with Gasteiger partial charge in [0, 0.05) is 0 Å². The molecule has 1 atom stereocenters. The number of nitrogens with one attached hydrogen (secondary N) is 2. The first-order chi connectivity index (χ1) is 3.83. The van der Waals surface area contributed by atoms with Crippen molar-refractivity contribution in [1.29, 1.82) is 0 Å². The van der Waals surface area contributed by atoms with Gasteiger partial charge in [-0.15, -0.1) is 11.8 Å². The summed E-state index contributed by atoms with van der Waals surface area (Å²) < 4.78 is 0. The Balaban J connectivity index is 2.41. The average Bonchev–Trinajstić information content (AvgIpc) is 2.14. The zero-order valence-electron chi connectivity index (χ0n) is 4.51. The van der Waals surface area contributed by atoms with E-state index in [2.05, 4.69) is 15.8 Å². The summed E-state index contributed by atoms with van der Waals surface area (Å²) in [6.07, 6.45) is 1.96. The van der Waals surface area contributed by atoms with Gasteiger partial charge >= 0.3 is 0 Å². The van der Waals surface area contributed by atoms with Crippen LogP contribution in [-0.4, -0.2) is 17.7 Å². The van der Waals surface area contributed by atoms with Gasteiger partial charge in [0.25, 0.3) is 0 Å². The summed E-state index contributed by atoms with van der Waals surface area (Å²) in [6, 6.07) is 0. The number of rotatable bonds is 1. The highest BCUT2D eigenvalue weighted by atomic mass is 32.2. The van der Waals surface area contributed by atoms with E-state index in [4.69, 9.17) is 5.73 Å². The largest absolute Gasteiger partial charge is 0.369 e. The highest BCUT2D eigenvalue weighted by molar-refractivity contribution is 7.99. The molecule has 4 nitrogen and oxygen atoms in total. The Bertz CT molecular complexity index is 112. The van der Waals surface area contributed by atoms with Gasteiger partial charge in [0.15, 0.2) is 5.50 Å². The molecule has 0 aromatic heterocycles. The molecule has 0 amide bonds. The van der Waals surface area contributed by atoms with Gasteiger partial charge in [-0.2, -0.15) is 0 Å².